The summed E-state index contributed by atoms with van der Waals surface area (Å²) in [5.41, 5.74) is 0.0583. The van der Waals surface area contributed by atoms with Crippen LogP contribution in [-0.2, 0) is 14.3 Å². The number of carbonyl (C=O) groups excluding carboxylic acids is 2. The van der Waals surface area contributed by atoms with E-state index < -0.39 is 11.1 Å². The van der Waals surface area contributed by atoms with Gasteiger partial charge in [-0.25, -0.2) is 4.39 Å². The molecule has 134 valence electrons. The van der Waals surface area contributed by atoms with Crippen molar-refractivity contribution in [2.24, 2.45) is 0 Å². The molecular weight excluding hydrogens is 353 g/mol. The molecule has 1 N–H and O–H groups in total. The monoisotopic (exact) mass is 375 g/mol. The highest BCUT2D eigenvalue weighted by Crippen LogP contribution is 2.35. The molecule has 0 saturated heterocycles. The van der Waals surface area contributed by atoms with Crippen molar-refractivity contribution in [1.82, 2.24) is 0 Å². The second-order valence-corrected chi connectivity index (χ2v) is 6.85. The van der Waals surface area contributed by atoms with Gasteiger partial charge in [0, 0.05) is 11.3 Å². The number of hydrogen-bond donors (Lipinski definition) is 1. The predicted octanol–water partition coefficient (Wildman–Crippen LogP) is 5.04. The van der Waals surface area contributed by atoms with Crippen molar-refractivity contribution in [3.8, 4) is 0 Å². The van der Waals surface area contributed by atoms with E-state index in [2.05, 4.69) is 5.32 Å². The van der Waals surface area contributed by atoms with Crippen LogP contribution in [0, 0.1) is 5.82 Å². The van der Waals surface area contributed by atoms with Crippen LogP contribution in [0.3, 0.4) is 0 Å². The van der Waals surface area contributed by atoms with Gasteiger partial charge in [0.05, 0.1) is 17.3 Å². The van der Waals surface area contributed by atoms with E-state index in [0.29, 0.717) is 17.9 Å². The van der Waals surface area contributed by atoms with Gasteiger partial charge in [-0.15, -0.1) is 11.8 Å². The van der Waals surface area contributed by atoms with E-state index in [9.17, 15) is 14.0 Å². The fraction of sp³-hybridized carbons (Fsp3) is 0.529. The van der Waals surface area contributed by atoms with E-state index in [1.54, 1.807) is 6.92 Å². The van der Waals surface area contributed by atoms with E-state index in [0.717, 1.165) is 18.9 Å². The third-order valence-corrected chi connectivity index (χ3v) is 5.09. The molecule has 0 aliphatic heterocycles. The molecule has 1 unspecified atom stereocenters. The smallest absolute Gasteiger partial charge is 0.319 e. The van der Waals surface area contributed by atoms with Crippen LogP contribution >= 0.6 is 23.4 Å². The van der Waals surface area contributed by atoms with E-state index in [-0.39, 0.29) is 29.0 Å². The minimum atomic E-state index is -0.607. The number of nitrogens with one attached hydrogen (secondary N) is 1. The van der Waals surface area contributed by atoms with Crippen LogP contribution in [0.2, 0.25) is 5.02 Å². The van der Waals surface area contributed by atoms with Crippen LogP contribution < -0.4 is 5.32 Å². The Morgan fingerprint density at radius 3 is 2.62 bits per heavy atom. The molecule has 0 bridgehead atoms. The number of anilines is 1. The van der Waals surface area contributed by atoms with Crippen molar-refractivity contribution in [1.29, 1.82) is 0 Å². The highest BCUT2D eigenvalue weighted by molar-refractivity contribution is 8.00. The van der Waals surface area contributed by atoms with Gasteiger partial charge in [-0.1, -0.05) is 38.8 Å². The molecule has 0 aliphatic carbocycles. The van der Waals surface area contributed by atoms with Gasteiger partial charge in [0.2, 0.25) is 5.91 Å². The van der Waals surface area contributed by atoms with Gasteiger partial charge < -0.3 is 10.1 Å². The number of carbonyl (C=O) groups is 2. The highest BCUT2D eigenvalue weighted by Gasteiger charge is 2.22. The molecule has 1 aromatic carbocycles. The van der Waals surface area contributed by atoms with Crippen molar-refractivity contribution in [3.63, 3.8) is 0 Å². The van der Waals surface area contributed by atoms with E-state index >= 15 is 0 Å². The van der Waals surface area contributed by atoms with Gasteiger partial charge in [-0.3, -0.25) is 9.59 Å². The third-order valence-electron chi connectivity index (χ3n) is 3.26. The third kappa shape index (κ3) is 6.32. The normalized spacial score (nSPS) is 11.9. The lowest BCUT2D eigenvalue weighted by atomic mass is 10.3. The summed E-state index contributed by atoms with van der Waals surface area (Å²) in [5, 5.41) is 2.26. The zero-order valence-corrected chi connectivity index (χ0v) is 15.7. The number of thioether (sulfide) groups is 1. The van der Waals surface area contributed by atoms with Crippen molar-refractivity contribution >= 4 is 40.9 Å². The first-order valence-electron chi connectivity index (χ1n) is 8.05. The highest BCUT2D eigenvalue weighted by atomic mass is 35.5. The Hall–Kier alpha value is -1.27. The number of rotatable bonds is 9. The molecule has 0 heterocycles. The van der Waals surface area contributed by atoms with Crippen molar-refractivity contribution < 1.29 is 18.7 Å². The molecule has 24 heavy (non-hydrogen) atoms. The van der Waals surface area contributed by atoms with Crippen LogP contribution in [0.1, 0.15) is 46.5 Å². The first-order chi connectivity index (χ1) is 11.4. The summed E-state index contributed by atoms with van der Waals surface area (Å²) in [6.07, 6.45) is 2.56. The number of ether oxygens (including phenoxy) is 1. The molecule has 0 spiro atoms. The maximum absolute atomic E-state index is 13.9. The van der Waals surface area contributed by atoms with Crippen molar-refractivity contribution in [2.75, 3.05) is 11.9 Å². The summed E-state index contributed by atoms with van der Waals surface area (Å²) in [5.74, 6) is -1.21. The maximum Gasteiger partial charge on any atom is 0.319 e. The van der Waals surface area contributed by atoms with E-state index in [4.69, 9.17) is 16.3 Å². The first kappa shape index (κ1) is 20.8. The molecule has 0 radical (unpaired) electrons. The lowest BCUT2D eigenvalue weighted by Crippen LogP contribution is -2.20. The minimum absolute atomic E-state index is 0.0583. The summed E-state index contributed by atoms with van der Waals surface area (Å²) >= 11 is 7.29. The zero-order chi connectivity index (χ0) is 18.1. The van der Waals surface area contributed by atoms with Gasteiger partial charge in [-0.2, -0.15) is 0 Å². The van der Waals surface area contributed by atoms with E-state index in [1.165, 1.54) is 17.8 Å². The molecule has 1 atom stereocenters. The zero-order valence-electron chi connectivity index (χ0n) is 14.2. The van der Waals surface area contributed by atoms with Gasteiger partial charge in [0.15, 0.2) is 0 Å². The average molecular weight is 376 g/mol. The van der Waals surface area contributed by atoms with Crippen LogP contribution in [0.15, 0.2) is 17.0 Å². The number of unbranched alkanes of at least 4 members (excludes halogenated alkanes) is 1. The molecule has 1 aromatic rings. The Morgan fingerprint density at radius 2 is 2.04 bits per heavy atom. The Kier molecular flexibility index (Phi) is 9.14. The SMILES string of the molecule is CCCCOC(=O)C(CC)Sc1cc(NC(=O)CC)c(F)cc1Cl. The Bertz CT molecular complexity index is 583. The summed E-state index contributed by atoms with van der Waals surface area (Å²) in [7, 11) is 0. The topological polar surface area (TPSA) is 55.4 Å². The molecule has 0 saturated carbocycles. The number of esters is 1. The largest absolute Gasteiger partial charge is 0.465 e. The Morgan fingerprint density at radius 1 is 1.33 bits per heavy atom. The molecular formula is C17H23ClFNO3S. The molecule has 0 aliphatic rings. The van der Waals surface area contributed by atoms with E-state index in [1.807, 2.05) is 13.8 Å². The quantitative estimate of drug-likeness (QED) is 0.373. The summed E-state index contributed by atoms with van der Waals surface area (Å²) in [6, 6.07) is 2.60. The predicted molar refractivity (Wildman–Crippen MR) is 96.1 cm³/mol. The average Bonchev–Trinajstić information content (AvgIpc) is 2.56. The molecule has 7 heteroatoms. The molecule has 0 aromatic heterocycles. The second-order valence-electron chi connectivity index (χ2n) is 5.20. The first-order valence-corrected chi connectivity index (χ1v) is 9.30. The van der Waals surface area contributed by atoms with Gasteiger partial charge >= 0.3 is 5.97 Å². The van der Waals surface area contributed by atoms with Crippen molar-refractivity contribution in [3.05, 3.63) is 23.0 Å². The molecule has 1 amide bonds. The fourth-order valence-corrected chi connectivity index (χ4v) is 3.09. The molecule has 4 nitrogen and oxygen atoms in total. The Balaban J connectivity index is 2.89. The Labute approximate surface area is 151 Å². The van der Waals surface area contributed by atoms with Crippen molar-refractivity contribution in [2.45, 2.75) is 56.6 Å². The van der Waals surface area contributed by atoms with Crippen LogP contribution in [0.25, 0.3) is 0 Å². The summed E-state index contributed by atoms with van der Waals surface area (Å²) < 4.78 is 19.1. The standard InChI is InChI=1S/C17H23ClFNO3S/c1-4-7-8-23-17(22)14(5-2)24-15-10-13(20-16(21)6-3)12(19)9-11(15)18/h9-10,14H,4-8H2,1-3H3,(H,20,21). The van der Waals surface area contributed by atoms with Crippen LogP contribution in [0.5, 0.6) is 0 Å². The molecule has 0 fully saturated rings. The summed E-state index contributed by atoms with van der Waals surface area (Å²) in [4.78, 5) is 24.1. The number of halogens is 2. The van der Waals surface area contributed by atoms with Crippen LogP contribution in [0.4, 0.5) is 10.1 Å². The molecule has 1 rings (SSSR count). The van der Waals surface area contributed by atoms with Crippen LogP contribution in [-0.4, -0.2) is 23.7 Å². The number of hydrogen-bond acceptors (Lipinski definition) is 4. The fourth-order valence-electron chi connectivity index (χ4n) is 1.82. The maximum atomic E-state index is 13.9. The lowest BCUT2D eigenvalue weighted by Gasteiger charge is -2.16. The van der Waals surface area contributed by atoms with Gasteiger partial charge in [0.25, 0.3) is 0 Å². The second kappa shape index (κ2) is 10.6. The number of amides is 1. The van der Waals surface area contributed by atoms with Gasteiger partial charge in [0.1, 0.15) is 11.1 Å². The number of benzene rings is 1. The summed E-state index contributed by atoms with van der Waals surface area (Å²) in [6.45, 7) is 5.96. The van der Waals surface area contributed by atoms with Gasteiger partial charge in [-0.05, 0) is 25.0 Å². The lowest BCUT2D eigenvalue weighted by molar-refractivity contribution is -0.143. The minimum Gasteiger partial charge on any atom is -0.465 e.